The number of hydrogen-bond donors (Lipinski definition) is 1. The van der Waals surface area contributed by atoms with E-state index in [1.807, 2.05) is 6.92 Å². The highest BCUT2D eigenvalue weighted by Crippen LogP contribution is 2.22. The molecule has 6 heteroatoms. The van der Waals surface area contributed by atoms with Gasteiger partial charge in [-0.1, -0.05) is 0 Å². The molecule has 6 nitrogen and oxygen atoms in total. The van der Waals surface area contributed by atoms with Crippen LogP contribution in [0, 0.1) is 5.92 Å². The quantitative estimate of drug-likeness (QED) is 0.901. The van der Waals surface area contributed by atoms with Gasteiger partial charge in [0.15, 0.2) is 0 Å². The molecule has 0 spiro atoms. The first-order valence-corrected chi connectivity index (χ1v) is 6.73. The lowest BCUT2D eigenvalue weighted by Crippen LogP contribution is -2.42. The second-order valence-corrected chi connectivity index (χ2v) is 4.72. The molecule has 0 radical (unpaired) electrons. The van der Waals surface area contributed by atoms with Crippen molar-refractivity contribution in [1.82, 2.24) is 9.88 Å². The monoisotopic (exact) mass is 278 g/mol. The van der Waals surface area contributed by atoms with Gasteiger partial charge in [-0.3, -0.25) is 9.59 Å². The summed E-state index contributed by atoms with van der Waals surface area (Å²) in [6.07, 6.45) is 2.88. The number of ether oxygens (including phenoxy) is 1. The van der Waals surface area contributed by atoms with Crippen LogP contribution >= 0.6 is 0 Å². The number of piperidine rings is 1. The van der Waals surface area contributed by atoms with Crippen molar-refractivity contribution in [2.75, 3.05) is 19.7 Å². The Hall–Kier alpha value is -2.11. The SMILES string of the molecule is CCOc1ncccc1C(=O)N1CCC[C@H](C(=O)O)C1. The molecule has 1 aromatic rings. The molecular weight excluding hydrogens is 260 g/mol. The van der Waals surface area contributed by atoms with E-state index in [-0.39, 0.29) is 12.5 Å². The number of rotatable bonds is 4. The fourth-order valence-electron chi connectivity index (χ4n) is 2.34. The molecule has 20 heavy (non-hydrogen) atoms. The van der Waals surface area contributed by atoms with E-state index in [4.69, 9.17) is 9.84 Å². The molecule has 1 amide bonds. The maximum atomic E-state index is 12.5. The van der Waals surface area contributed by atoms with E-state index < -0.39 is 11.9 Å². The van der Waals surface area contributed by atoms with Crippen LogP contribution < -0.4 is 4.74 Å². The molecule has 1 aliphatic heterocycles. The Bertz CT molecular complexity index is 504. The zero-order valence-corrected chi connectivity index (χ0v) is 11.4. The largest absolute Gasteiger partial charge is 0.481 e. The van der Waals surface area contributed by atoms with E-state index in [1.54, 1.807) is 23.2 Å². The topological polar surface area (TPSA) is 79.7 Å². The van der Waals surface area contributed by atoms with Gasteiger partial charge in [0.2, 0.25) is 5.88 Å². The second kappa shape index (κ2) is 6.36. The summed E-state index contributed by atoms with van der Waals surface area (Å²) in [7, 11) is 0. The van der Waals surface area contributed by atoms with Crippen molar-refractivity contribution in [2.45, 2.75) is 19.8 Å². The summed E-state index contributed by atoms with van der Waals surface area (Å²) in [4.78, 5) is 29.2. The fraction of sp³-hybridized carbons (Fsp3) is 0.500. The number of likely N-dealkylation sites (tertiary alicyclic amines) is 1. The molecule has 2 heterocycles. The lowest BCUT2D eigenvalue weighted by molar-refractivity contribution is -0.143. The van der Waals surface area contributed by atoms with Crippen LogP contribution in [-0.2, 0) is 4.79 Å². The van der Waals surface area contributed by atoms with Crippen molar-refractivity contribution in [3.8, 4) is 5.88 Å². The minimum atomic E-state index is -0.848. The lowest BCUT2D eigenvalue weighted by Gasteiger charge is -2.30. The molecule has 0 bridgehead atoms. The van der Waals surface area contributed by atoms with Crippen LogP contribution in [0.25, 0.3) is 0 Å². The number of amides is 1. The van der Waals surface area contributed by atoms with Crippen molar-refractivity contribution in [3.05, 3.63) is 23.9 Å². The van der Waals surface area contributed by atoms with E-state index in [0.717, 1.165) is 0 Å². The number of pyridine rings is 1. The molecular formula is C14H18N2O4. The summed E-state index contributed by atoms with van der Waals surface area (Å²) in [6.45, 7) is 3.07. The molecule has 108 valence electrons. The molecule has 0 aliphatic carbocycles. The van der Waals surface area contributed by atoms with Gasteiger partial charge in [-0.05, 0) is 31.9 Å². The number of carbonyl (C=O) groups excluding carboxylic acids is 1. The Balaban J connectivity index is 2.16. The van der Waals surface area contributed by atoms with Crippen molar-refractivity contribution < 1.29 is 19.4 Å². The minimum Gasteiger partial charge on any atom is -0.481 e. The normalized spacial score (nSPS) is 18.6. The van der Waals surface area contributed by atoms with Crippen LogP contribution in [0.15, 0.2) is 18.3 Å². The Kier molecular flexibility index (Phi) is 4.55. The zero-order chi connectivity index (χ0) is 14.5. The van der Waals surface area contributed by atoms with Gasteiger partial charge in [0, 0.05) is 19.3 Å². The van der Waals surface area contributed by atoms with Crippen LogP contribution in [0.4, 0.5) is 0 Å². The third kappa shape index (κ3) is 3.07. The van der Waals surface area contributed by atoms with Gasteiger partial charge in [-0.15, -0.1) is 0 Å². The highest BCUT2D eigenvalue weighted by atomic mass is 16.5. The highest BCUT2D eigenvalue weighted by molar-refractivity contribution is 5.96. The first-order chi connectivity index (χ1) is 9.63. The van der Waals surface area contributed by atoms with E-state index >= 15 is 0 Å². The Morgan fingerprint density at radius 2 is 2.35 bits per heavy atom. The highest BCUT2D eigenvalue weighted by Gasteiger charge is 2.29. The molecule has 1 aliphatic rings. The number of hydrogen-bond acceptors (Lipinski definition) is 4. The number of carbonyl (C=O) groups is 2. The number of nitrogens with zero attached hydrogens (tertiary/aromatic N) is 2. The first kappa shape index (κ1) is 14.3. The zero-order valence-electron chi connectivity index (χ0n) is 11.4. The van der Waals surface area contributed by atoms with E-state index in [0.29, 0.717) is 37.4 Å². The third-order valence-electron chi connectivity index (χ3n) is 3.34. The van der Waals surface area contributed by atoms with Crippen LogP contribution in [-0.4, -0.2) is 46.6 Å². The minimum absolute atomic E-state index is 0.215. The number of aromatic nitrogens is 1. The van der Waals surface area contributed by atoms with Crippen molar-refractivity contribution >= 4 is 11.9 Å². The van der Waals surface area contributed by atoms with Gasteiger partial charge >= 0.3 is 5.97 Å². The summed E-state index contributed by atoms with van der Waals surface area (Å²) >= 11 is 0. The Morgan fingerprint density at radius 1 is 1.55 bits per heavy atom. The maximum absolute atomic E-state index is 12.5. The third-order valence-corrected chi connectivity index (χ3v) is 3.34. The smallest absolute Gasteiger partial charge is 0.308 e. The van der Waals surface area contributed by atoms with Gasteiger partial charge in [0.1, 0.15) is 5.56 Å². The molecule has 0 saturated carbocycles. The summed E-state index contributed by atoms with van der Waals surface area (Å²) in [5.41, 5.74) is 0.389. The summed E-state index contributed by atoms with van der Waals surface area (Å²) in [5, 5.41) is 9.07. The predicted octanol–water partition coefficient (Wildman–Crippen LogP) is 1.42. The van der Waals surface area contributed by atoms with Crippen LogP contribution in [0.3, 0.4) is 0 Å². The molecule has 1 saturated heterocycles. The average Bonchev–Trinajstić information content (AvgIpc) is 2.47. The standard InChI is InChI=1S/C14H18N2O4/c1-2-20-12-11(6-3-7-15-12)13(17)16-8-4-5-10(9-16)14(18)19/h3,6-7,10H,2,4-5,8-9H2,1H3,(H,18,19)/t10-/m0/s1. The summed E-state index contributed by atoms with van der Waals surface area (Å²) in [6, 6.07) is 3.33. The average molecular weight is 278 g/mol. The molecule has 1 N–H and O–H groups in total. The van der Waals surface area contributed by atoms with Crippen LogP contribution in [0.5, 0.6) is 5.88 Å². The molecule has 1 atom stereocenters. The van der Waals surface area contributed by atoms with Crippen molar-refractivity contribution in [1.29, 1.82) is 0 Å². The summed E-state index contributed by atoms with van der Waals surface area (Å²) in [5.74, 6) is -1.25. The molecule has 2 rings (SSSR count). The van der Waals surface area contributed by atoms with Gasteiger partial charge in [0.25, 0.3) is 5.91 Å². The van der Waals surface area contributed by atoms with Crippen molar-refractivity contribution in [2.24, 2.45) is 5.92 Å². The van der Waals surface area contributed by atoms with Crippen LogP contribution in [0.1, 0.15) is 30.1 Å². The van der Waals surface area contributed by atoms with Crippen LogP contribution in [0.2, 0.25) is 0 Å². The number of carboxylic acids is 1. The van der Waals surface area contributed by atoms with Gasteiger partial charge in [-0.2, -0.15) is 0 Å². The predicted molar refractivity (Wildman–Crippen MR) is 71.7 cm³/mol. The molecule has 1 fully saturated rings. The van der Waals surface area contributed by atoms with Gasteiger partial charge in [-0.25, -0.2) is 4.98 Å². The molecule has 1 aromatic heterocycles. The van der Waals surface area contributed by atoms with Crippen molar-refractivity contribution in [3.63, 3.8) is 0 Å². The van der Waals surface area contributed by atoms with E-state index in [1.165, 1.54) is 0 Å². The number of carboxylic acid groups (broad SMARTS) is 1. The van der Waals surface area contributed by atoms with E-state index in [9.17, 15) is 9.59 Å². The second-order valence-electron chi connectivity index (χ2n) is 4.72. The lowest BCUT2D eigenvalue weighted by atomic mass is 9.98. The molecule has 0 unspecified atom stereocenters. The Labute approximate surface area is 117 Å². The Morgan fingerprint density at radius 3 is 3.05 bits per heavy atom. The number of aliphatic carboxylic acids is 1. The summed E-state index contributed by atoms with van der Waals surface area (Å²) < 4.78 is 5.35. The molecule has 0 aromatic carbocycles. The first-order valence-electron chi connectivity index (χ1n) is 6.73. The van der Waals surface area contributed by atoms with E-state index in [2.05, 4.69) is 4.98 Å². The van der Waals surface area contributed by atoms with Gasteiger partial charge < -0.3 is 14.7 Å². The fourth-order valence-corrected chi connectivity index (χ4v) is 2.34. The van der Waals surface area contributed by atoms with Gasteiger partial charge in [0.05, 0.1) is 12.5 Å². The maximum Gasteiger partial charge on any atom is 0.308 e.